The van der Waals surface area contributed by atoms with E-state index in [4.69, 9.17) is 0 Å². The number of amides is 2. The minimum absolute atomic E-state index is 0.125. The summed E-state index contributed by atoms with van der Waals surface area (Å²) in [6, 6.07) is 11.9. The van der Waals surface area contributed by atoms with Gasteiger partial charge in [0.1, 0.15) is 11.5 Å². The molecule has 6 nitrogen and oxygen atoms in total. The van der Waals surface area contributed by atoms with Gasteiger partial charge in [0, 0.05) is 38.7 Å². The molecule has 2 aromatic heterocycles. The molecule has 1 aromatic carbocycles. The molecule has 1 aliphatic heterocycles. The molecule has 28 heavy (non-hydrogen) atoms. The van der Waals surface area contributed by atoms with Gasteiger partial charge in [0.2, 0.25) is 5.91 Å². The van der Waals surface area contributed by atoms with Gasteiger partial charge in [-0.25, -0.2) is 4.98 Å². The summed E-state index contributed by atoms with van der Waals surface area (Å²) in [6.07, 6.45) is 1.03. The number of carbonyl (C=O) groups excluding carboxylic acids is 2. The number of hydrogen-bond donors (Lipinski definition) is 1. The molecule has 1 aliphatic rings. The quantitative estimate of drug-likeness (QED) is 0.740. The molecule has 3 heterocycles. The van der Waals surface area contributed by atoms with E-state index in [9.17, 15) is 9.59 Å². The van der Waals surface area contributed by atoms with Gasteiger partial charge in [0.25, 0.3) is 5.91 Å². The van der Waals surface area contributed by atoms with Crippen molar-refractivity contribution < 1.29 is 9.59 Å². The standard InChI is InChI=1S/C21H22N4O2S/c1-22-21(27)19-17-7-9-24(18(26)13-15-8-12-28-14-15)10-11-25(17)20(23-19)16-5-3-2-4-6-16/h2-6,8,12,14H,7,9-11,13H2,1H3,(H,22,27). The summed E-state index contributed by atoms with van der Waals surface area (Å²) in [5.41, 5.74) is 3.37. The van der Waals surface area contributed by atoms with Crippen molar-refractivity contribution in [2.75, 3.05) is 20.1 Å². The van der Waals surface area contributed by atoms with Crippen LogP contribution in [0.4, 0.5) is 0 Å². The zero-order chi connectivity index (χ0) is 19.5. The highest BCUT2D eigenvalue weighted by Crippen LogP contribution is 2.25. The second-order valence-electron chi connectivity index (χ2n) is 6.77. The molecule has 3 aromatic rings. The number of rotatable bonds is 4. The Hall–Kier alpha value is -2.93. The van der Waals surface area contributed by atoms with Crippen molar-refractivity contribution >= 4 is 23.2 Å². The lowest BCUT2D eigenvalue weighted by molar-refractivity contribution is -0.130. The van der Waals surface area contributed by atoms with Gasteiger partial charge >= 0.3 is 0 Å². The van der Waals surface area contributed by atoms with E-state index in [1.54, 1.807) is 18.4 Å². The van der Waals surface area contributed by atoms with Crippen LogP contribution in [0.1, 0.15) is 21.7 Å². The van der Waals surface area contributed by atoms with E-state index in [1.165, 1.54) is 0 Å². The molecule has 4 rings (SSSR count). The average molecular weight is 395 g/mol. The van der Waals surface area contributed by atoms with Crippen molar-refractivity contribution in [1.82, 2.24) is 19.8 Å². The van der Waals surface area contributed by atoms with Crippen LogP contribution >= 0.6 is 11.3 Å². The van der Waals surface area contributed by atoms with Gasteiger partial charge in [0.05, 0.1) is 12.1 Å². The highest BCUT2D eigenvalue weighted by Gasteiger charge is 2.27. The first-order chi connectivity index (χ1) is 13.7. The van der Waals surface area contributed by atoms with E-state index < -0.39 is 0 Å². The lowest BCUT2D eigenvalue weighted by Crippen LogP contribution is -2.34. The van der Waals surface area contributed by atoms with Crippen LogP contribution in [0.2, 0.25) is 0 Å². The molecule has 0 atom stereocenters. The lowest BCUT2D eigenvalue weighted by Gasteiger charge is -2.20. The van der Waals surface area contributed by atoms with Crippen LogP contribution in [0, 0.1) is 0 Å². The Morgan fingerprint density at radius 3 is 2.68 bits per heavy atom. The molecule has 7 heteroatoms. The number of fused-ring (bicyclic) bond motifs is 1. The van der Waals surface area contributed by atoms with Crippen molar-refractivity contribution in [2.45, 2.75) is 19.4 Å². The Kier molecular flexibility index (Phi) is 5.25. The molecule has 0 aliphatic carbocycles. The molecule has 0 spiro atoms. The average Bonchev–Trinajstić information content (AvgIpc) is 3.30. The third kappa shape index (κ3) is 3.57. The third-order valence-electron chi connectivity index (χ3n) is 5.05. The van der Waals surface area contributed by atoms with E-state index >= 15 is 0 Å². The molecular formula is C21H22N4O2S. The number of nitrogens with zero attached hydrogens (tertiary/aromatic N) is 3. The Labute approximate surface area is 167 Å². The molecule has 0 bridgehead atoms. The van der Waals surface area contributed by atoms with Crippen LogP contribution < -0.4 is 5.32 Å². The van der Waals surface area contributed by atoms with E-state index in [2.05, 4.69) is 14.9 Å². The monoisotopic (exact) mass is 394 g/mol. The fourth-order valence-corrected chi connectivity index (χ4v) is 4.26. The number of hydrogen-bond acceptors (Lipinski definition) is 4. The molecule has 0 saturated heterocycles. The second kappa shape index (κ2) is 7.98. The molecular weight excluding hydrogens is 372 g/mol. The van der Waals surface area contributed by atoms with E-state index in [0.717, 1.165) is 22.6 Å². The minimum Gasteiger partial charge on any atom is -0.354 e. The highest BCUT2D eigenvalue weighted by atomic mass is 32.1. The van der Waals surface area contributed by atoms with Gasteiger partial charge < -0.3 is 14.8 Å². The maximum Gasteiger partial charge on any atom is 0.271 e. The maximum absolute atomic E-state index is 12.7. The van der Waals surface area contributed by atoms with Crippen molar-refractivity contribution in [2.24, 2.45) is 0 Å². The second-order valence-corrected chi connectivity index (χ2v) is 7.55. The van der Waals surface area contributed by atoms with Crippen LogP contribution in [0.5, 0.6) is 0 Å². The van der Waals surface area contributed by atoms with Gasteiger partial charge in [-0.05, 0) is 22.4 Å². The first-order valence-corrected chi connectivity index (χ1v) is 10.3. The number of benzene rings is 1. The van der Waals surface area contributed by atoms with Gasteiger partial charge in [-0.15, -0.1) is 0 Å². The highest BCUT2D eigenvalue weighted by molar-refractivity contribution is 7.08. The minimum atomic E-state index is -0.191. The summed E-state index contributed by atoms with van der Waals surface area (Å²) in [5, 5.41) is 6.69. The predicted octanol–water partition coefficient (Wildman–Crippen LogP) is 2.60. The normalized spacial score (nSPS) is 13.7. The summed E-state index contributed by atoms with van der Waals surface area (Å²) < 4.78 is 2.10. The molecule has 144 valence electrons. The maximum atomic E-state index is 12.7. The van der Waals surface area contributed by atoms with Crippen LogP contribution in [-0.4, -0.2) is 46.4 Å². The topological polar surface area (TPSA) is 67.2 Å². The molecule has 1 N–H and O–H groups in total. The summed E-state index contributed by atoms with van der Waals surface area (Å²) in [5.74, 6) is 0.713. The van der Waals surface area contributed by atoms with E-state index in [-0.39, 0.29) is 11.8 Å². The molecule has 0 unspecified atom stereocenters. The molecule has 0 radical (unpaired) electrons. The fraction of sp³-hybridized carbons (Fsp3) is 0.286. The number of imidazole rings is 1. The first-order valence-electron chi connectivity index (χ1n) is 9.33. The van der Waals surface area contributed by atoms with Crippen LogP contribution in [0.15, 0.2) is 47.2 Å². The Morgan fingerprint density at radius 1 is 1.14 bits per heavy atom. The summed E-state index contributed by atoms with van der Waals surface area (Å²) in [6.45, 7) is 1.82. The van der Waals surface area contributed by atoms with E-state index in [1.807, 2.05) is 52.1 Å². The van der Waals surface area contributed by atoms with Crippen molar-refractivity contribution in [3.05, 3.63) is 64.1 Å². The summed E-state index contributed by atoms with van der Waals surface area (Å²) >= 11 is 1.60. The fourth-order valence-electron chi connectivity index (χ4n) is 3.59. The van der Waals surface area contributed by atoms with E-state index in [0.29, 0.717) is 38.2 Å². The summed E-state index contributed by atoms with van der Waals surface area (Å²) in [4.78, 5) is 31.7. The van der Waals surface area contributed by atoms with Crippen LogP contribution in [-0.2, 0) is 24.2 Å². The first kappa shape index (κ1) is 18.4. The molecule has 0 fully saturated rings. The van der Waals surface area contributed by atoms with Crippen molar-refractivity contribution in [3.8, 4) is 11.4 Å². The number of nitrogens with one attached hydrogen (secondary N) is 1. The molecule has 2 amide bonds. The SMILES string of the molecule is CNC(=O)c1nc(-c2ccccc2)n2c1CCN(C(=O)Cc1ccsc1)CC2. The van der Waals surface area contributed by atoms with Crippen LogP contribution in [0.3, 0.4) is 0 Å². The zero-order valence-electron chi connectivity index (χ0n) is 15.7. The Balaban J connectivity index is 1.63. The third-order valence-corrected chi connectivity index (χ3v) is 5.78. The smallest absolute Gasteiger partial charge is 0.271 e. The molecule has 0 saturated carbocycles. The zero-order valence-corrected chi connectivity index (χ0v) is 16.5. The summed E-state index contributed by atoms with van der Waals surface area (Å²) in [7, 11) is 1.61. The predicted molar refractivity (Wildman–Crippen MR) is 109 cm³/mol. The number of thiophene rings is 1. The number of aromatic nitrogens is 2. The van der Waals surface area contributed by atoms with Gasteiger partial charge in [-0.2, -0.15) is 11.3 Å². The van der Waals surface area contributed by atoms with Gasteiger partial charge in [0.15, 0.2) is 0 Å². The van der Waals surface area contributed by atoms with Crippen molar-refractivity contribution in [3.63, 3.8) is 0 Å². The lowest BCUT2D eigenvalue weighted by atomic mass is 10.2. The van der Waals surface area contributed by atoms with Gasteiger partial charge in [-0.1, -0.05) is 30.3 Å². The largest absolute Gasteiger partial charge is 0.354 e. The Morgan fingerprint density at radius 2 is 1.96 bits per heavy atom. The Bertz CT molecular complexity index is 980. The van der Waals surface area contributed by atoms with Crippen LogP contribution in [0.25, 0.3) is 11.4 Å². The number of carbonyl (C=O) groups is 2. The van der Waals surface area contributed by atoms with Crippen molar-refractivity contribution in [1.29, 1.82) is 0 Å². The van der Waals surface area contributed by atoms with Gasteiger partial charge in [-0.3, -0.25) is 9.59 Å².